The average Bonchev–Trinajstić information content (AvgIpc) is 3.26. The minimum Gasteiger partial charge on any atom is -0.496 e. The Balaban J connectivity index is 1.59. The predicted octanol–water partition coefficient (Wildman–Crippen LogP) is 5.53. The van der Waals surface area contributed by atoms with Crippen LogP contribution in [0.4, 0.5) is 0 Å². The van der Waals surface area contributed by atoms with Gasteiger partial charge in [-0.05, 0) is 42.3 Å². The number of rotatable bonds is 5. The molecule has 0 spiro atoms. The molecule has 0 unspecified atom stereocenters. The zero-order valence-corrected chi connectivity index (χ0v) is 16.8. The number of para-hydroxylation sites is 2. The molecule has 0 bridgehead atoms. The van der Waals surface area contributed by atoms with Crippen LogP contribution >= 0.6 is 0 Å². The van der Waals surface area contributed by atoms with Crippen molar-refractivity contribution in [2.24, 2.45) is 0 Å². The average molecular weight is 399 g/mol. The first kappa shape index (κ1) is 18.3. The Morgan fingerprint density at radius 2 is 1.73 bits per heavy atom. The van der Waals surface area contributed by atoms with Crippen LogP contribution in [-0.2, 0) is 6.61 Å². The lowest BCUT2D eigenvalue weighted by atomic mass is 9.96. The Morgan fingerprint density at radius 3 is 2.63 bits per heavy atom. The molecule has 0 N–H and O–H groups in total. The molecule has 0 saturated carbocycles. The van der Waals surface area contributed by atoms with Crippen molar-refractivity contribution in [3.8, 4) is 34.3 Å². The fourth-order valence-electron chi connectivity index (χ4n) is 3.82. The first-order chi connectivity index (χ1) is 14.7. The van der Waals surface area contributed by atoms with Crippen molar-refractivity contribution in [2.45, 2.75) is 13.5 Å². The molecule has 5 rings (SSSR count). The number of pyridine rings is 1. The first-order valence-corrected chi connectivity index (χ1v) is 9.78. The van der Waals surface area contributed by atoms with Crippen LogP contribution in [0, 0.1) is 6.92 Å². The summed E-state index contributed by atoms with van der Waals surface area (Å²) in [6.07, 6.45) is 0. The highest BCUT2D eigenvalue weighted by atomic mass is 16.7. The number of ether oxygens (including phenoxy) is 4. The van der Waals surface area contributed by atoms with Crippen molar-refractivity contribution in [3.05, 3.63) is 77.9 Å². The molecular weight excluding hydrogens is 378 g/mol. The molecule has 0 aliphatic carbocycles. The fourth-order valence-corrected chi connectivity index (χ4v) is 3.82. The minimum atomic E-state index is 0.252. The van der Waals surface area contributed by atoms with Crippen molar-refractivity contribution in [3.63, 3.8) is 0 Å². The molecular formula is C25H21NO4. The second-order valence-electron chi connectivity index (χ2n) is 7.10. The maximum atomic E-state index is 6.18. The zero-order valence-electron chi connectivity index (χ0n) is 16.8. The molecule has 0 fully saturated rings. The van der Waals surface area contributed by atoms with Gasteiger partial charge < -0.3 is 18.9 Å². The Bertz CT molecular complexity index is 1240. The van der Waals surface area contributed by atoms with Crippen molar-refractivity contribution in [2.75, 3.05) is 13.9 Å². The number of hydrogen-bond donors (Lipinski definition) is 0. The first-order valence-electron chi connectivity index (χ1n) is 9.78. The minimum absolute atomic E-state index is 0.252. The number of fused-ring (bicyclic) bond motifs is 2. The quantitative estimate of drug-likeness (QED) is 0.442. The second-order valence-corrected chi connectivity index (χ2v) is 7.10. The van der Waals surface area contributed by atoms with Crippen LogP contribution < -0.4 is 18.9 Å². The number of benzene rings is 3. The van der Waals surface area contributed by atoms with E-state index < -0.39 is 0 Å². The third-order valence-corrected chi connectivity index (χ3v) is 5.31. The number of methoxy groups -OCH3 is 1. The molecule has 5 heteroatoms. The normalized spacial score (nSPS) is 12.2. The SMILES string of the molecule is COc1ccccc1COc1nc2ccccc2c(-c2ccc3c(c2)OCO3)c1C. The third kappa shape index (κ3) is 3.18. The van der Waals surface area contributed by atoms with Crippen LogP contribution in [-0.4, -0.2) is 18.9 Å². The monoisotopic (exact) mass is 399 g/mol. The van der Waals surface area contributed by atoms with Crippen LogP contribution in [0.15, 0.2) is 66.7 Å². The molecule has 4 aromatic rings. The summed E-state index contributed by atoms with van der Waals surface area (Å²) in [7, 11) is 1.66. The summed E-state index contributed by atoms with van der Waals surface area (Å²) in [6, 6.07) is 21.9. The predicted molar refractivity (Wildman–Crippen MR) is 115 cm³/mol. The van der Waals surface area contributed by atoms with Gasteiger partial charge in [-0.25, -0.2) is 4.98 Å². The molecule has 0 radical (unpaired) electrons. The molecule has 5 nitrogen and oxygen atoms in total. The molecule has 30 heavy (non-hydrogen) atoms. The second kappa shape index (κ2) is 7.59. The Kier molecular flexibility index (Phi) is 4.64. The molecule has 150 valence electrons. The van der Waals surface area contributed by atoms with Gasteiger partial charge in [-0.15, -0.1) is 0 Å². The molecule has 0 saturated heterocycles. The molecule has 3 aromatic carbocycles. The zero-order chi connectivity index (χ0) is 20.5. The van der Waals surface area contributed by atoms with E-state index in [4.69, 9.17) is 23.9 Å². The largest absolute Gasteiger partial charge is 0.496 e. The molecule has 1 aliphatic heterocycles. The van der Waals surface area contributed by atoms with Gasteiger partial charge in [-0.1, -0.05) is 42.5 Å². The van der Waals surface area contributed by atoms with E-state index in [0.717, 1.165) is 50.4 Å². The summed E-state index contributed by atoms with van der Waals surface area (Å²) in [5.41, 5.74) is 4.94. The highest BCUT2D eigenvalue weighted by Gasteiger charge is 2.19. The van der Waals surface area contributed by atoms with Crippen molar-refractivity contribution < 1.29 is 18.9 Å². The highest BCUT2D eigenvalue weighted by molar-refractivity contribution is 5.97. The van der Waals surface area contributed by atoms with Crippen LogP contribution in [0.5, 0.6) is 23.1 Å². The van der Waals surface area contributed by atoms with E-state index in [1.54, 1.807) is 7.11 Å². The maximum Gasteiger partial charge on any atom is 0.231 e. The Hall–Kier alpha value is -3.73. The lowest BCUT2D eigenvalue weighted by Crippen LogP contribution is -2.03. The molecule has 2 heterocycles. The Morgan fingerprint density at radius 1 is 0.933 bits per heavy atom. The standard InChI is InChI=1S/C25H21NO4/c1-16-24(17-11-12-22-23(13-17)30-15-29-22)19-8-4-5-9-20(19)26-25(16)28-14-18-7-3-6-10-21(18)27-2/h3-13H,14-15H2,1-2H3. The van der Waals surface area contributed by atoms with Gasteiger partial charge >= 0.3 is 0 Å². The van der Waals surface area contributed by atoms with Crippen LogP contribution in [0.25, 0.3) is 22.0 Å². The lowest BCUT2D eigenvalue weighted by molar-refractivity contribution is 0.174. The molecule has 1 aliphatic rings. The van der Waals surface area contributed by atoms with Gasteiger partial charge in [-0.2, -0.15) is 0 Å². The van der Waals surface area contributed by atoms with Gasteiger partial charge in [0.15, 0.2) is 11.5 Å². The van der Waals surface area contributed by atoms with E-state index in [1.165, 1.54) is 0 Å². The highest BCUT2D eigenvalue weighted by Crippen LogP contribution is 2.41. The Labute approximate surface area is 174 Å². The van der Waals surface area contributed by atoms with Gasteiger partial charge in [0.1, 0.15) is 12.4 Å². The smallest absolute Gasteiger partial charge is 0.231 e. The number of aromatic nitrogens is 1. The summed E-state index contributed by atoms with van der Waals surface area (Å²) in [6.45, 7) is 2.66. The summed E-state index contributed by atoms with van der Waals surface area (Å²) in [4.78, 5) is 4.78. The summed E-state index contributed by atoms with van der Waals surface area (Å²) in [5, 5.41) is 1.07. The van der Waals surface area contributed by atoms with Crippen LogP contribution in [0.1, 0.15) is 11.1 Å². The van der Waals surface area contributed by atoms with Crippen LogP contribution in [0.2, 0.25) is 0 Å². The van der Waals surface area contributed by atoms with Gasteiger partial charge in [0, 0.05) is 16.5 Å². The van der Waals surface area contributed by atoms with Gasteiger partial charge in [0.05, 0.1) is 12.6 Å². The number of hydrogen-bond acceptors (Lipinski definition) is 5. The summed E-state index contributed by atoms with van der Waals surface area (Å²) in [5.74, 6) is 2.92. The van der Waals surface area contributed by atoms with E-state index in [2.05, 4.69) is 6.07 Å². The van der Waals surface area contributed by atoms with E-state index >= 15 is 0 Å². The molecule has 1 aromatic heterocycles. The summed E-state index contributed by atoms with van der Waals surface area (Å²) >= 11 is 0. The molecule has 0 amide bonds. The van der Waals surface area contributed by atoms with Crippen molar-refractivity contribution in [1.82, 2.24) is 4.98 Å². The fraction of sp³-hybridized carbons (Fsp3) is 0.160. The van der Waals surface area contributed by atoms with Gasteiger partial charge in [0.25, 0.3) is 0 Å². The van der Waals surface area contributed by atoms with E-state index in [1.807, 2.05) is 67.6 Å². The molecule has 0 atom stereocenters. The van der Waals surface area contributed by atoms with Gasteiger partial charge in [0.2, 0.25) is 12.7 Å². The van der Waals surface area contributed by atoms with E-state index in [0.29, 0.717) is 12.5 Å². The van der Waals surface area contributed by atoms with Gasteiger partial charge in [-0.3, -0.25) is 0 Å². The topological polar surface area (TPSA) is 49.8 Å². The maximum absolute atomic E-state index is 6.18. The third-order valence-electron chi connectivity index (χ3n) is 5.31. The van der Waals surface area contributed by atoms with E-state index in [9.17, 15) is 0 Å². The number of nitrogens with zero attached hydrogens (tertiary/aromatic N) is 1. The summed E-state index contributed by atoms with van der Waals surface area (Å²) < 4.78 is 22.7. The van der Waals surface area contributed by atoms with Crippen molar-refractivity contribution in [1.29, 1.82) is 0 Å². The van der Waals surface area contributed by atoms with Crippen molar-refractivity contribution >= 4 is 10.9 Å². The van der Waals surface area contributed by atoms with E-state index in [-0.39, 0.29) is 6.79 Å². The van der Waals surface area contributed by atoms with Crippen LogP contribution in [0.3, 0.4) is 0 Å². The lowest BCUT2D eigenvalue weighted by Gasteiger charge is -2.16.